The maximum atomic E-state index is 11.3. The van der Waals surface area contributed by atoms with Crippen molar-refractivity contribution >= 4 is 5.91 Å². The van der Waals surface area contributed by atoms with E-state index in [2.05, 4.69) is 10.3 Å². The number of nitrogens with one attached hydrogen (secondary N) is 2. The van der Waals surface area contributed by atoms with Gasteiger partial charge in [0.25, 0.3) is 5.91 Å². The zero-order valence-electron chi connectivity index (χ0n) is 7.03. The number of carbonyl (C=O) groups excluding carboxylic acids is 1. The first-order valence-electron chi connectivity index (χ1n) is 3.90. The molecule has 0 aliphatic rings. The van der Waals surface area contributed by atoms with Gasteiger partial charge in [0.05, 0.1) is 5.56 Å². The van der Waals surface area contributed by atoms with Crippen LogP contribution < -0.4 is 10.8 Å². The van der Waals surface area contributed by atoms with E-state index in [1.807, 2.05) is 5.48 Å². The third kappa shape index (κ3) is 3.18. The van der Waals surface area contributed by atoms with Crippen molar-refractivity contribution in [2.24, 2.45) is 0 Å². The molecular formula is C8H11N3O2. The molecule has 70 valence electrons. The van der Waals surface area contributed by atoms with Gasteiger partial charge in [0.15, 0.2) is 0 Å². The summed E-state index contributed by atoms with van der Waals surface area (Å²) >= 11 is 0. The number of hydrogen-bond donors (Lipinski definition) is 3. The van der Waals surface area contributed by atoms with E-state index in [-0.39, 0.29) is 5.91 Å². The third-order valence-corrected chi connectivity index (χ3v) is 1.45. The zero-order valence-corrected chi connectivity index (χ0v) is 7.03. The van der Waals surface area contributed by atoms with Crippen LogP contribution in [-0.2, 0) is 0 Å². The Morgan fingerprint density at radius 1 is 1.54 bits per heavy atom. The SMILES string of the molecule is O=C(NCCNO)c1cccnc1. The fraction of sp³-hybridized carbons (Fsp3) is 0.250. The van der Waals surface area contributed by atoms with E-state index in [1.165, 1.54) is 6.20 Å². The molecule has 5 nitrogen and oxygen atoms in total. The molecule has 0 saturated heterocycles. The van der Waals surface area contributed by atoms with Gasteiger partial charge in [-0.2, -0.15) is 0 Å². The van der Waals surface area contributed by atoms with Gasteiger partial charge in [-0.3, -0.25) is 9.78 Å². The topological polar surface area (TPSA) is 74.2 Å². The van der Waals surface area contributed by atoms with Gasteiger partial charge in [-0.05, 0) is 12.1 Å². The van der Waals surface area contributed by atoms with Crippen molar-refractivity contribution in [1.82, 2.24) is 15.8 Å². The van der Waals surface area contributed by atoms with Crippen LogP contribution in [-0.4, -0.2) is 29.2 Å². The van der Waals surface area contributed by atoms with Crippen LogP contribution in [0.3, 0.4) is 0 Å². The molecule has 5 heteroatoms. The van der Waals surface area contributed by atoms with E-state index < -0.39 is 0 Å². The molecule has 1 rings (SSSR count). The largest absolute Gasteiger partial charge is 0.351 e. The number of nitrogens with zero attached hydrogens (tertiary/aromatic N) is 1. The maximum absolute atomic E-state index is 11.3. The molecule has 0 aromatic carbocycles. The average Bonchev–Trinajstić information content (AvgIpc) is 2.19. The Bertz CT molecular complexity index is 263. The lowest BCUT2D eigenvalue weighted by Crippen LogP contribution is -2.30. The molecule has 0 spiro atoms. The molecule has 0 atom stereocenters. The van der Waals surface area contributed by atoms with Gasteiger partial charge in [-0.15, -0.1) is 0 Å². The molecule has 1 amide bonds. The van der Waals surface area contributed by atoms with Crippen LogP contribution in [0, 0.1) is 0 Å². The minimum Gasteiger partial charge on any atom is -0.351 e. The van der Waals surface area contributed by atoms with E-state index in [0.717, 1.165) is 0 Å². The molecule has 0 radical (unpaired) electrons. The average molecular weight is 181 g/mol. The molecule has 13 heavy (non-hydrogen) atoms. The summed E-state index contributed by atoms with van der Waals surface area (Å²) in [5, 5.41) is 10.8. The van der Waals surface area contributed by atoms with Crippen LogP contribution in [0.1, 0.15) is 10.4 Å². The van der Waals surface area contributed by atoms with Gasteiger partial charge >= 0.3 is 0 Å². The van der Waals surface area contributed by atoms with Crippen molar-refractivity contribution in [1.29, 1.82) is 0 Å². The van der Waals surface area contributed by atoms with Crippen LogP contribution in [0.15, 0.2) is 24.5 Å². The Morgan fingerprint density at radius 2 is 2.38 bits per heavy atom. The predicted molar refractivity (Wildman–Crippen MR) is 46.4 cm³/mol. The molecule has 0 aliphatic carbocycles. The highest BCUT2D eigenvalue weighted by atomic mass is 16.5. The Labute approximate surface area is 75.8 Å². The summed E-state index contributed by atoms with van der Waals surface area (Å²) in [5.74, 6) is -0.191. The first kappa shape index (κ1) is 9.63. The number of carbonyl (C=O) groups is 1. The van der Waals surface area contributed by atoms with Gasteiger partial charge in [0, 0.05) is 25.5 Å². The fourth-order valence-corrected chi connectivity index (χ4v) is 0.831. The zero-order chi connectivity index (χ0) is 9.52. The molecule has 1 aromatic heterocycles. The molecule has 1 aromatic rings. The second-order valence-corrected chi connectivity index (χ2v) is 2.41. The normalized spacial score (nSPS) is 9.62. The number of aromatic nitrogens is 1. The minimum absolute atomic E-state index is 0.191. The van der Waals surface area contributed by atoms with E-state index in [1.54, 1.807) is 18.3 Å². The van der Waals surface area contributed by atoms with Crippen molar-refractivity contribution in [2.75, 3.05) is 13.1 Å². The van der Waals surface area contributed by atoms with E-state index in [4.69, 9.17) is 5.21 Å². The summed E-state index contributed by atoms with van der Waals surface area (Å²) in [6, 6.07) is 3.37. The summed E-state index contributed by atoms with van der Waals surface area (Å²) in [5.41, 5.74) is 2.46. The van der Waals surface area contributed by atoms with Crippen molar-refractivity contribution in [2.45, 2.75) is 0 Å². The van der Waals surface area contributed by atoms with E-state index in [9.17, 15) is 4.79 Å². The van der Waals surface area contributed by atoms with Crippen molar-refractivity contribution in [3.63, 3.8) is 0 Å². The highest BCUT2D eigenvalue weighted by Crippen LogP contribution is 1.93. The number of pyridine rings is 1. The van der Waals surface area contributed by atoms with Gasteiger partial charge in [0.2, 0.25) is 0 Å². The third-order valence-electron chi connectivity index (χ3n) is 1.45. The number of amides is 1. The van der Waals surface area contributed by atoms with Gasteiger partial charge < -0.3 is 10.5 Å². The first-order chi connectivity index (χ1) is 6.34. The lowest BCUT2D eigenvalue weighted by atomic mass is 10.3. The minimum atomic E-state index is -0.191. The summed E-state index contributed by atoms with van der Waals surface area (Å²) in [4.78, 5) is 15.1. The summed E-state index contributed by atoms with van der Waals surface area (Å²) in [7, 11) is 0. The van der Waals surface area contributed by atoms with Gasteiger partial charge in [0.1, 0.15) is 0 Å². The summed E-state index contributed by atoms with van der Waals surface area (Å²) < 4.78 is 0. The molecular weight excluding hydrogens is 170 g/mol. The molecule has 1 heterocycles. The summed E-state index contributed by atoms with van der Waals surface area (Å²) in [6.07, 6.45) is 3.09. The van der Waals surface area contributed by atoms with Gasteiger partial charge in [-0.25, -0.2) is 5.48 Å². The summed E-state index contributed by atoms with van der Waals surface area (Å²) in [6.45, 7) is 0.705. The molecule has 0 bridgehead atoms. The predicted octanol–water partition coefficient (Wildman–Crippen LogP) is -0.210. The monoisotopic (exact) mass is 181 g/mol. The lowest BCUT2D eigenvalue weighted by Gasteiger charge is -2.02. The number of hydrogen-bond acceptors (Lipinski definition) is 4. The second kappa shape index (κ2) is 5.23. The standard InChI is InChI=1S/C8H11N3O2/c12-8(10-4-5-11-13)7-2-1-3-9-6-7/h1-3,6,11,13H,4-5H2,(H,10,12). The second-order valence-electron chi connectivity index (χ2n) is 2.41. The van der Waals surface area contributed by atoms with Crippen molar-refractivity contribution in [3.8, 4) is 0 Å². The quantitative estimate of drug-likeness (QED) is 0.444. The van der Waals surface area contributed by atoms with Crippen LogP contribution >= 0.6 is 0 Å². The maximum Gasteiger partial charge on any atom is 0.252 e. The number of hydroxylamine groups is 1. The number of rotatable bonds is 4. The smallest absolute Gasteiger partial charge is 0.252 e. The van der Waals surface area contributed by atoms with E-state index >= 15 is 0 Å². The highest BCUT2D eigenvalue weighted by Gasteiger charge is 2.02. The van der Waals surface area contributed by atoms with Crippen molar-refractivity contribution in [3.05, 3.63) is 30.1 Å². The van der Waals surface area contributed by atoms with Crippen molar-refractivity contribution < 1.29 is 10.0 Å². The van der Waals surface area contributed by atoms with Crippen LogP contribution in [0.25, 0.3) is 0 Å². The Morgan fingerprint density at radius 3 is 3.00 bits per heavy atom. The van der Waals surface area contributed by atoms with Crippen LogP contribution in [0.5, 0.6) is 0 Å². The Hall–Kier alpha value is -1.46. The van der Waals surface area contributed by atoms with Crippen LogP contribution in [0.2, 0.25) is 0 Å². The molecule has 0 fully saturated rings. The fourth-order valence-electron chi connectivity index (χ4n) is 0.831. The Balaban J connectivity index is 2.40. The van der Waals surface area contributed by atoms with Crippen LogP contribution in [0.4, 0.5) is 0 Å². The molecule has 0 unspecified atom stereocenters. The highest BCUT2D eigenvalue weighted by molar-refractivity contribution is 5.93. The molecule has 3 N–H and O–H groups in total. The first-order valence-corrected chi connectivity index (χ1v) is 3.90. The lowest BCUT2D eigenvalue weighted by molar-refractivity contribution is 0.0945. The molecule has 0 saturated carbocycles. The Kier molecular flexibility index (Phi) is 3.87. The van der Waals surface area contributed by atoms with Gasteiger partial charge in [-0.1, -0.05) is 0 Å². The van der Waals surface area contributed by atoms with E-state index in [0.29, 0.717) is 18.7 Å². The molecule has 0 aliphatic heterocycles.